The van der Waals surface area contributed by atoms with Gasteiger partial charge in [-0.1, -0.05) is 6.92 Å². The van der Waals surface area contributed by atoms with Crippen LogP contribution in [0.5, 0.6) is 0 Å². The Bertz CT molecular complexity index is 634. The molecule has 7 nitrogen and oxygen atoms in total. The molecule has 2 aromatic heterocycles. The largest absolute Gasteiger partial charge is 0.433 e. The first-order chi connectivity index (χ1) is 10.3. The summed E-state index contributed by atoms with van der Waals surface area (Å²) in [5.41, 5.74) is -0.497. The maximum atomic E-state index is 12.9. The molecule has 0 aliphatic carbocycles. The summed E-state index contributed by atoms with van der Waals surface area (Å²) in [6.45, 7) is 3.45. The molecule has 0 bridgehead atoms. The number of amides is 1. The van der Waals surface area contributed by atoms with Crippen molar-refractivity contribution >= 4 is 5.91 Å². The Balaban J connectivity index is 1.95. The lowest BCUT2D eigenvalue weighted by Gasteiger charge is -2.15. The number of halogens is 3. The van der Waals surface area contributed by atoms with Crippen LogP contribution in [0.4, 0.5) is 13.2 Å². The van der Waals surface area contributed by atoms with E-state index in [4.69, 9.17) is 0 Å². The maximum Gasteiger partial charge on any atom is 0.433 e. The first kappa shape index (κ1) is 16.0. The van der Waals surface area contributed by atoms with Crippen LogP contribution in [0.15, 0.2) is 12.4 Å². The molecule has 1 amide bonds. The van der Waals surface area contributed by atoms with E-state index in [1.165, 1.54) is 13.3 Å². The van der Waals surface area contributed by atoms with Crippen LogP contribution in [-0.4, -0.2) is 37.4 Å². The predicted molar refractivity (Wildman–Crippen MR) is 69.8 cm³/mol. The van der Waals surface area contributed by atoms with E-state index in [-0.39, 0.29) is 24.8 Å². The van der Waals surface area contributed by atoms with Gasteiger partial charge in [0.25, 0.3) is 5.91 Å². The lowest BCUT2D eigenvalue weighted by atomic mass is 10.2. The molecular weight excluding hydrogens is 301 g/mol. The second-order valence-corrected chi connectivity index (χ2v) is 5.00. The number of hydrogen-bond acceptors (Lipinski definition) is 4. The van der Waals surface area contributed by atoms with Crippen molar-refractivity contribution in [1.29, 1.82) is 0 Å². The van der Waals surface area contributed by atoms with Gasteiger partial charge in [-0.3, -0.25) is 14.6 Å². The van der Waals surface area contributed by atoms with Crippen molar-refractivity contribution in [3.8, 4) is 0 Å². The van der Waals surface area contributed by atoms with Crippen molar-refractivity contribution in [3.05, 3.63) is 29.6 Å². The third kappa shape index (κ3) is 3.83. The Kier molecular flexibility index (Phi) is 4.48. The lowest BCUT2D eigenvalue weighted by Crippen LogP contribution is -2.31. The second kappa shape index (κ2) is 6.16. The molecule has 0 saturated heterocycles. The average molecular weight is 316 g/mol. The zero-order valence-electron chi connectivity index (χ0n) is 12.0. The van der Waals surface area contributed by atoms with Gasteiger partial charge in [0.15, 0.2) is 0 Å². The van der Waals surface area contributed by atoms with E-state index in [9.17, 15) is 18.0 Å². The highest BCUT2D eigenvalue weighted by molar-refractivity contribution is 5.90. The number of carbonyl (C=O) groups is 1. The van der Waals surface area contributed by atoms with Crippen LogP contribution in [-0.2, 0) is 12.7 Å². The summed E-state index contributed by atoms with van der Waals surface area (Å²) in [5.74, 6) is -0.651. The van der Waals surface area contributed by atoms with E-state index in [1.807, 2.05) is 0 Å². The van der Waals surface area contributed by atoms with Crippen molar-refractivity contribution in [2.75, 3.05) is 6.54 Å². The molecular formula is C12H15F3N6O. The smallest absolute Gasteiger partial charge is 0.349 e. The summed E-state index contributed by atoms with van der Waals surface area (Å²) in [6, 6.07) is 1.000. The molecule has 2 aromatic rings. The third-order valence-electron chi connectivity index (χ3n) is 2.92. The van der Waals surface area contributed by atoms with Crippen molar-refractivity contribution < 1.29 is 18.0 Å². The standard InChI is InChI=1S/C12H15F3N6O/c1-7(4-16-11(22)10-17-6-18-19-10)5-21-9(12(13,14)15)3-8(2)20-21/h3,6-7H,4-5H2,1-2H3,(H,16,22)(H,17,18,19)/t7-/m1/s1. The van der Waals surface area contributed by atoms with E-state index in [0.717, 1.165) is 10.7 Å². The minimum atomic E-state index is -4.45. The van der Waals surface area contributed by atoms with Gasteiger partial charge >= 0.3 is 6.18 Å². The average Bonchev–Trinajstić information content (AvgIpc) is 3.04. The van der Waals surface area contributed by atoms with Gasteiger partial charge in [-0.15, -0.1) is 0 Å². The summed E-state index contributed by atoms with van der Waals surface area (Å²) in [7, 11) is 0. The highest BCUT2D eigenvalue weighted by Crippen LogP contribution is 2.30. The number of nitrogens with zero attached hydrogens (tertiary/aromatic N) is 4. The van der Waals surface area contributed by atoms with Crippen LogP contribution in [0.25, 0.3) is 0 Å². The van der Waals surface area contributed by atoms with Gasteiger partial charge in [0.2, 0.25) is 5.82 Å². The number of rotatable bonds is 5. The van der Waals surface area contributed by atoms with Crippen LogP contribution in [0.1, 0.15) is 28.9 Å². The number of aromatic amines is 1. The molecule has 2 rings (SSSR count). The summed E-state index contributed by atoms with van der Waals surface area (Å²) < 4.78 is 39.5. The maximum absolute atomic E-state index is 12.9. The molecule has 0 aliphatic heterocycles. The molecule has 0 radical (unpaired) electrons. The van der Waals surface area contributed by atoms with E-state index < -0.39 is 17.8 Å². The van der Waals surface area contributed by atoms with Crippen molar-refractivity contribution in [2.45, 2.75) is 26.6 Å². The van der Waals surface area contributed by atoms with E-state index in [2.05, 4.69) is 25.6 Å². The minimum absolute atomic E-state index is 0.0410. The molecule has 0 saturated carbocycles. The number of aryl methyl sites for hydroxylation is 1. The van der Waals surface area contributed by atoms with Crippen molar-refractivity contribution in [2.24, 2.45) is 5.92 Å². The van der Waals surface area contributed by atoms with Gasteiger partial charge in [0, 0.05) is 13.1 Å². The molecule has 22 heavy (non-hydrogen) atoms. The predicted octanol–water partition coefficient (Wildman–Crippen LogP) is 1.39. The SMILES string of the molecule is Cc1cc(C(F)(F)F)n(C[C@H](C)CNC(=O)c2ncn[nH]2)n1. The second-order valence-electron chi connectivity index (χ2n) is 5.00. The zero-order chi connectivity index (χ0) is 16.3. The molecule has 0 unspecified atom stereocenters. The van der Waals surface area contributed by atoms with Crippen LogP contribution in [0.3, 0.4) is 0 Å². The van der Waals surface area contributed by atoms with E-state index in [1.54, 1.807) is 6.92 Å². The van der Waals surface area contributed by atoms with Crippen molar-refractivity contribution in [1.82, 2.24) is 30.3 Å². The molecule has 2 heterocycles. The fraction of sp³-hybridized carbons (Fsp3) is 0.500. The Morgan fingerprint density at radius 2 is 2.23 bits per heavy atom. The van der Waals surface area contributed by atoms with E-state index in [0.29, 0.717) is 5.69 Å². The normalized spacial score (nSPS) is 13.1. The van der Waals surface area contributed by atoms with Gasteiger partial charge in [-0.25, -0.2) is 4.98 Å². The van der Waals surface area contributed by atoms with Gasteiger partial charge < -0.3 is 5.32 Å². The quantitative estimate of drug-likeness (QED) is 0.872. The van der Waals surface area contributed by atoms with E-state index >= 15 is 0 Å². The topological polar surface area (TPSA) is 88.5 Å². The number of carbonyl (C=O) groups excluding carboxylic acids is 1. The number of aromatic nitrogens is 5. The van der Waals surface area contributed by atoms with Crippen LogP contribution in [0, 0.1) is 12.8 Å². The molecule has 120 valence electrons. The molecule has 0 aliphatic rings. The van der Waals surface area contributed by atoms with Gasteiger partial charge in [0.05, 0.1) is 5.69 Å². The summed E-state index contributed by atoms with van der Waals surface area (Å²) >= 11 is 0. The highest BCUT2D eigenvalue weighted by atomic mass is 19.4. The molecule has 1 atom stereocenters. The van der Waals surface area contributed by atoms with Crippen LogP contribution < -0.4 is 5.32 Å². The highest BCUT2D eigenvalue weighted by Gasteiger charge is 2.35. The third-order valence-corrected chi connectivity index (χ3v) is 2.92. The first-order valence-corrected chi connectivity index (χ1v) is 6.52. The van der Waals surface area contributed by atoms with Crippen LogP contribution >= 0.6 is 0 Å². The van der Waals surface area contributed by atoms with Gasteiger partial charge in [-0.05, 0) is 18.9 Å². The number of alkyl halides is 3. The fourth-order valence-electron chi connectivity index (χ4n) is 1.94. The van der Waals surface area contributed by atoms with Gasteiger partial charge in [-0.2, -0.15) is 23.4 Å². The summed E-state index contributed by atoms with van der Waals surface area (Å²) in [5, 5.41) is 12.4. The molecule has 0 spiro atoms. The van der Waals surface area contributed by atoms with Crippen molar-refractivity contribution in [3.63, 3.8) is 0 Å². The Morgan fingerprint density at radius 3 is 2.82 bits per heavy atom. The van der Waals surface area contributed by atoms with Crippen LogP contribution in [0.2, 0.25) is 0 Å². The number of H-pyrrole nitrogens is 1. The minimum Gasteiger partial charge on any atom is -0.349 e. The summed E-state index contributed by atoms with van der Waals surface area (Å²) in [4.78, 5) is 15.3. The number of nitrogens with one attached hydrogen (secondary N) is 2. The Morgan fingerprint density at radius 1 is 1.50 bits per heavy atom. The fourth-order valence-corrected chi connectivity index (χ4v) is 1.94. The first-order valence-electron chi connectivity index (χ1n) is 6.52. The monoisotopic (exact) mass is 316 g/mol. The number of hydrogen-bond donors (Lipinski definition) is 2. The summed E-state index contributed by atoms with van der Waals surface area (Å²) in [6.07, 6.45) is -3.26. The molecule has 2 N–H and O–H groups in total. The molecule has 0 aromatic carbocycles. The molecule has 0 fully saturated rings. The lowest BCUT2D eigenvalue weighted by molar-refractivity contribution is -0.144. The Hall–Kier alpha value is -2.39. The van der Waals surface area contributed by atoms with Gasteiger partial charge in [0.1, 0.15) is 12.0 Å². The Labute approximate surface area is 123 Å². The molecule has 10 heteroatoms. The zero-order valence-corrected chi connectivity index (χ0v) is 12.0.